The van der Waals surface area contributed by atoms with Gasteiger partial charge in [-0.15, -0.1) is 0 Å². The second-order valence-corrected chi connectivity index (χ2v) is 8.29. The van der Waals surface area contributed by atoms with Crippen LogP contribution in [-0.2, 0) is 9.53 Å². The summed E-state index contributed by atoms with van der Waals surface area (Å²) in [6.45, 7) is 8.87. The van der Waals surface area contributed by atoms with Crippen LogP contribution >= 0.6 is 0 Å². The molecule has 2 rings (SSSR count). The Hall–Kier alpha value is -2.02. The van der Waals surface area contributed by atoms with Crippen molar-refractivity contribution in [1.82, 2.24) is 16.0 Å². The Labute approximate surface area is 168 Å². The molecule has 2 fully saturated rings. The highest BCUT2D eigenvalue weighted by atomic mass is 16.5. The number of allylic oxidation sites excluding steroid dienone is 2. The molecular formula is C21H35N3O4. The highest BCUT2D eigenvalue weighted by molar-refractivity contribution is 5.86. The molecule has 1 aliphatic carbocycles. The van der Waals surface area contributed by atoms with Crippen molar-refractivity contribution in [2.45, 2.75) is 64.5 Å². The number of carbonyl (C=O) groups excluding carboxylic acids is 2. The zero-order valence-corrected chi connectivity index (χ0v) is 17.1. The molecule has 1 saturated carbocycles. The first kappa shape index (κ1) is 22.3. The Morgan fingerprint density at radius 1 is 1.43 bits per heavy atom. The van der Waals surface area contributed by atoms with Gasteiger partial charge in [-0.1, -0.05) is 32.1 Å². The Balaban J connectivity index is 1.95. The van der Waals surface area contributed by atoms with E-state index in [0.717, 1.165) is 37.9 Å². The lowest BCUT2D eigenvalue weighted by molar-refractivity contribution is -0.125. The smallest absolute Gasteiger partial charge is 0.408 e. The van der Waals surface area contributed by atoms with Crippen LogP contribution in [0, 0.1) is 11.3 Å². The van der Waals surface area contributed by atoms with Crippen LogP contribution in [0.5, 0.6) is 0 Å². The van der Waals surface area contributed by atoms with Crippen molar-refractivity contribution < 1.29 is 19.4 Å². The van der Waals surface area contributed by atoms with Crippen molar-refractivity contribution in [3.8, 4) is 0 Å². The third-order valence-corrected chi connectivity index (χ3v) is 5.89. The van der Waals surface area contributed by atoms with E-state index in [9.17, 15) is 14.7 Å². The van der Waals surface area contributed by atoms with Crippen LogP contribution in [0.2, 0.25) is 0 Å². The van der Waals surface area contributed by atoms with Gasteiger partial charge >= 0.3 is 6.09 Å². The molecule has 2 aliphatic rings. The molecule has 0 aromatic rings. The molecular weight excluding hydrogens is 358 g/mol. The number of rotatable bonds is 10. The Morgan fingerprint density at radius 3 is 2.71 bits per heavy atom. The zero-order valence-electron chi connectivity index (χ0n) is 17.1. The SMILES string of the molecule is C=C1NCCC1CC(CO)NC(=O)C(CC1(C)CCC1)NC(=O)OC/C=C/C. The van der Waals surface area contributed by atoms with Crippen molar-refractivity contribution in [1.29, 1.82) is 0 Å². The van der Waals surface area contributed by atoms with E-state index in [1.165, 1.54) is 0 Å². The van der Waals surface area contributed by atoms with E-state index in [1.54, 1.807) is 12.2 Å². The van der Waals surface area contributed by atoms with Gasteiger partial charge < -0.3 is 25.8 Å². The lowest BCUT2D eigenvalue weighted by Gasteiger charge is -2.40. The summed E-state index contributed by atoms with van der Waals surface area (Å²) in [5.41, 5.74) is 1.01. The van der Waals surface area contributed by atoms with Crippen LogP contribution in [0.25, 0.3) is 0 Å². The van der Waals surface area contributed by atoms with Crippen LogP contribution in [-0.4, -0.2) is 48.9 Å². The molecule has 0 radical (unpaired) electrons. The Bertz CT molecular complexity index is 586. The second-order valence-electron chi connectivity index (χ2n) is 8.29. The van der Waals surface area contributed by atoms with Gasteiger partial charge in [-0.3, -0.25) is 4.79 Å². The van der Waals surface area contributed by atoms with Crippen LogP contribution in [0.1, 0.15) is 52.4 Å². The quantitative estimate of drug-likeness (QED) is 0.427. The number of hydrogen-bond acceptors (Lipinski definition) is 5. The number of aliphatic hydroxyl groups excluding tert-OH is 1. The molecule has 158 valence electrons. The van der Waals surface area contributed by atoms with Crippen LogP contribution in [0.4, 0.5) is 4.79 Å². The first-order valence-corrected chi connectivity index (χ1v) is 10.2. The lowest BCUT2D eigenvalue weighted by atomic mass is 9.67. The van der Waals surface area contributed by atoms with Crippen LogP contribution in [0.3, 0.4) is 0 Å². The fourth-order valence-electron chi connectivity index (χ4n) is 3.90. The van der Waals surface area contributed by atoms with Gasteiger partial charge in [0.25, 0.3) is 0 Å². The fraction of sp³-hybridized carbons (Fsp3) is 0.714. The molecule has 0 aromatic heterocycles. The number of carbonyl (C=O) groups is 2. The third kappa shape index (κ3) is 6.55. The minimum Gasteiger partial charge on any atom is -0.445 e. The van der Waals surface area contributed by atoms with Crippen LogP contribution in [0.15, 0.2) is 24.4 Å². The lowest BCUT2D eigenvalue weighted by Crippen LogP contribution is -2.53. The Kier molecular flexibility index (Phi) is 8.35. The molecule has 2 amide bonds. The number of aliphatic hydroxyl groups is 1. The average molecular weight is 394 g/mol. The number of amides is 2. The van der Waals surface area contributed by atoms with Gasteiger partial charge in [0.15, 0.2) is 0 Å². The maximum absolute atomic E-state index is 12.9. The van der Waals surface area contributed by atoms with Gasteiger partial charge in [-0.05, 0) is 44.4 Å². The summed E-state index contributed by atoms with van der Waals surface area (Å²) in [6, 6.07) is -1.05. The summed E-state index contributed by atoms with van der Waals surface area (Å²) >= 11 is 0. The molecule has 1 heterocycles. The van der Waals surface area contributed by atoms with Crippen LogP contribution < -0.4 is 16.0 Å². The second kappa shape index (κ2) is 10.5. The molecule has 7 heteroatoms. The van der Waals surface area contributed by atoms with E-state index in [2.05, 4.69) is 29.5 Å². The van der Waals surface area contributed by atoms with Gasteiger partial charge in [-0.2, -0.15) is 0 Å². The van der Waals surface area contributed by atoms with E-state index >= 15 is 0 Å². The van der Waals surface area contributed by atoms with E-state index in [4.69, 9.17) is 4.74 Å². The largest absolute Gasteiger partial charge is 0.445 e. The molecule has 3 atom stereocenters. The summed E-state index contributed by atoms with van der Waals surface area (Å²) in [5.74, 6) is -0.0365. The summed E-state index contributed by atoms with van der Waals surface area (Å²) in [5, 5.41) is 18.6. The maximum Gasteiger partial charge on any atom is 0.408 e. The van der Waals surface area contributed by atoms with Crippen molar-refractivity contribution in [2.75, 3.05) is 19.8 Å². The van der Waals surface area contributed by atoms with Gasteiger partial charge in [-0.25, -0.2) is 4.79 Å². The normalized spacial score (nSPS) is 22.8. The van der Waals surface area contributed by atoms with E-state index in [-0.39, 0.29) is 36.5 Å². The molecule has 28 heavy (non-hydrogen) atoms. The molecule has 0 aromatic carbocycles. The van der Waals surface area contributed by atoms with E-state index in [0.29, 0.717) is 12.8 Å². The highest BCUT2D eigenvalue weighted by Crippen LogP contribution is 2.44. The standard InChI is InChI=1S/C21H35N3O4/c1-4-5-11-28-20(27)24-18(13-21(3)8-6-9-21)19(26)23-17(14-25)12-16-7-10-22-15(16)2/h4-5,16-18,22,25H,2,6-14H2,1,3H3,(H,23,26)(H,24,27)/b5-4+. The predicted molar refractivity (Wildman–Crippen MR) is 109 cm³/mol. The molecule has 7 nitrogen and oxygen atoms in total. The number of alkyl carbamates (subject to hydrolysis) is 1. The van der Waals surface area contributed by atoms with Gasteiger partial charge in [0.2, 0.25) is 5.91 Å². The maximum atomic E-state index is 12.9. The average Bonchev–Trinajstić information content (AvgIpc) is 3.04. The highest BCUT2D eigenvalue weighted by Gasteiger charge is 2.38. The number of nitrogens with one attached hydrogen (secondary N) is 3. The van der Waals surface area contributed by atoms with Gasteiger partial charge in [0.05, 0.1) is 12.6 Å². The number of ether oxygens (including phenoxy) is 1. The van der Waals surface area contributed by atoms with E-state index in [1.807, 2.05) is 6.92 Å². The summed E-state index contributed by atoms with van der Waals surface area (Å²) in [6.07, 6.45) is 8.30. The van der Waals surface area contributed by atoms with Crippen molar-refractivity contribution in [2.24, 2.45) is 11.3 Å². The molecule has 1 aliphatic heterocycles. The fourth-order valence-corrected chi connectivity index (χ4v) is 3.90. The molecule has 0 spiro atoms. The summed E-state index contributed by atoms with van der Waals surface area (Å²) < 4.78 is 5.10. The van der Waals surface area contributed by atoms with Crippen molar-refractivity contribution in [3.63, 3.8) is 0 Å². The van der Waals surface area contributed by atoms with E-state index < -0.39 is 12.1 Å². The molecule has 1 saturated heterocycles. The van der Waals surface area contributed by atoms with Gasteiger partial charge in [0.1, 0.15) is 12.6 Å². The minimum atomic E-state index is -0.678. The zero-order chi connectivity index (χ0) is 20.6. The van der Waals surface area contributed by atoms with Crippen molar-refractivity contribution in [3.05, 3.63) is 24.4 Å². The molecule has 4 N–H and O–H groups in total. The topological polar surface area (TPSA) is 99.7 Å². The number of hydrogen-bond donors (Lipinski definition) is 4. The predicted octanol–water partition coefficient (Wildman–Crippen LogP) is 2.23. The minimum absolute atomic E-state index is 0.0526. The molecule has 3 unspecified atom stereocenters. The molecule has 0 bridgehead atoms. The Morgan fingerprint density at radius 2 is 2.18 bits per heavy atom. The summed E-state index contributed by atoms with van der Waals surface area (Å²) in [4.78, 5) is 25.0. The first-order valence-electron chi connectivity index (χ1n) is 10.2. The first-order chi connectivity index (χ1) is 13.4. The summed E-state index contributed by atoms with van der Waals surface area (Å²) in [7, 11) is 0. The van der Waals surface area contributed by atoms with Gasteiger partial charge in [0, 0.05) is 18.2 Å². The third-order valence-electron chi connectivity index (χ3n) is 5.89. The monoisotopic (exact) mass is 393 g/mol. The van der Waals surface area contributed by atoms with Crippen molar-refractivity contribution >= 4 is 12.0 Å².